The Morgan fingerprint density at radius 1 is 1.50 bits per heavy atom. The number of carbonyl (C=O) groups is 2. The molecule has 120 valence electrons. The van der Waals surface area contributed by atoms with Gasteiger partial charge in [0.25, 0.3) is 0 Å². The Labute approximate surface area is 134 Å². The van der Waals surface area contributed by atoms with Crippen molar-refractivity contribution in [2.75, 3.05) is 6.54 Å². The second kappa shape index (κ2) is 6.36. The number of carbonyl (C=O) groups excluding carboxylic acids is 2. The number of nitrogens with zero attached hydrogens (tertiary/aromatic N) is 1. The molecule has 0 radical (unpaired) electrons. The molecule has 5 nitrogen and oxygen atoms in total. The summed E-state index contributed by atoms with van der Waals surface area (Å²) in [6.07, 6.45) is 5.62. The zero-order chi connectivity index (χ0) is 15.6. The van der Waals surface area contributed by atoms with Gasteiger partial charge in [-0.25, -0.2) is 4.98 Å². The second-order valence-corrected chi connectivity index (χ2v) is 7.07. The van der Waals surface area contributed by atoms with E-state index in [2.05, 4.69) is 22.6 Å². The number of hydrogen-bond acceptors (Lipinski definition) is 5. The lowest BCUT2D eigenvalue weighted by Gasteiger charge is -2.27. The van der Waals surface area contributed by atoms with E-state index in [0.29, 0.717) is 6.54 Å². The fourth-order valence-electron chi connectivity index (χ4n) is 3.49. The van der Waals surface area contributed by atoms with Gasteiger partial charge in [0.2, 0.25) is 5.91 Å². The molecule has 2 fully saturated rings. The summed E-state index contributed by atoms with van der Waals surface area (Å²) in [5, 5.41) is 6.08. The van der Waals surface area contributed by atoms with Gasteiger partial charge >= 0.3 is 5.97 Å². The van der Waals surface area contributed by atoms with Crippen molar-refractivity contribution in [3.63, 3.8) is 0 Å². The van der Waals surface area contributed by atoms with E-state index in [1.807, 2.05) is 0 Å². The Balaban J connectivity index is 1.54. The van der Waals surface area contributed by atoms with Crippen molar-refractivity contribution < 1.29 is 14.3 Å². The fourth-order valence-corrected chi connectivity index (χ4v) is 4.37. The van der Waals surface area contributed by atoms with Crippen LogP contribution in [0.4, 0.5) is 0 Å². The lowest BCUT2D eigenvalue weighted by Crippen LogP contribution is -2.43. The third-order valence-electron chi connectivity index (χ3n) is 4.69. The minimum atomic E-state index is -0.516. The molecule has 2 heterocycles. The van der Waals surface area contributed by atoms with E-state index in [4.69, 9.17) is 4.74 Å². The molecule has 0 aromatic carbocycles. The predicted octanol–water partition coefficient (Wildman–Crippen LogP) is 2.24. The highest BCUT2D eigenvalue weighted by molar-refractivity contribution is 7.09. The average Bonchev–Trinajstić information content (AvgIpc) is 3.20. The molecule has 1 saturated heterocycles. The van der Waals surface area contributed by atoms with Gasteiger partial charge in [-0.15, -0.1) is 11.3 Å². The second-order valence-electron chi connectivity index (χ2n) is 6.13. The van der Waals surface area contributed by atoms with Crippen molar-refractivity contribution in [2.24, 2.45) is 5.92 Å². The number of aryl methyl sites for hydroxylation is 1. The Morgan fingerprint density at radius 2 is 2.27 bits per heavy atom. The van der Waals surface area contributed by atoms with Crippen molar-refractivity contribution >= 4 is 23.2 Å². The molecule has 2 aliphatic rings. The number of esters is 1. The van der Waals surface area contributed by atoms with Crippen LogP contribution >= 0.6 is 11.3 Å². The van der Waals surface area contributed by atoms with E-state index < -0.39 is 5.60 Å². The van der Waals surface area contributed by atoms with E-state index in [1.165, 1.54) is 0 Å². The average molecular weight is 322 g/mol. The summed E-state index contributed by atoms with van der Waals surface area (Å²) in [7, 11) is 0. The summed E-state index contributed by atoms with van der Waals surface area (Å²) >= 11 is 1.64. The van der Waals surface area contributed by atoms with Crippen LogP contribution < -0.4 is 5.32 Å². The number of rotatable bonds is 5. The quantitative estimate of drug-likeness (QED) is 0.844. The smallest absolute Gasteiger partial charge is 0.307 e. The SMILES string of the molecule is CCc1csc(CCNC(=O)[C@@H]2CC(=O)OC23CCCC3)n1. The fraction of sp³-hybridized carbons (Fsp3) is 0.688. The minimum Gasteiger partial charge on any atom is -0.458 e. The number of thiazole rings is 1. The topological polar surface area (TPSA) is 68.3 Å². The van der Waals surface area contributed by atoms with Crippen molar-refractivity contribution in [1.82, 2.24) is 10.3 Å². The molecule has 0 bridgehead atoms. The first kappa shape index (κ1) is 15.5. The van der Waals surface area contributed by atoms with Gasteiger partial charge in [0.05, 0.1) is 23.0 Å². The van der Waals surface area contributed by atoms with Gasteiger partial charge in [-0.2, -0.15) is 0 Å². The molecule has 1 atom stereocenters. The van der Waals surface area contributed by atoms with E-state index in [-0.39, 0.29) is 24.2 Å². The minimum absolute atomic E-state index is 0.0416. The number of aromatic nitrogens is 1. The van der Waals surface area contributed by atoms with Gasteiger partial charge in [0, 0.05) is 18.3 Å². The Bertz CT molecular complexity index is 563. The van der Waals surface area contributed by atoms with Crippen LogP contribution in [0.1, 0.15) is 49.7 Å². The first-order valence-electron chi connectivity index (χ1n) is 8.06. The summed E-state index contributed by atoms with van der Waals surface area (Å²) < 4.78 is 5.52. The lowest BCUT2D eigenvalue weighted by molar-refractivity contribution is -0.149. The van der Waals surface area contributed by atoms with E-state index in [1.54, 1.807) is 11.3 Å². The van der Waals surface area contributed by atoms with Gasteiger partial charge in [-0.05, 0) is 32.1 Å². The van der Waals surface area contributed by atoms with Crippen LogP contribution in [-0.4, -0.2) is 29.0 Å². The van der Waals surface area contributed by atoms with Gasteiger partial charge in [0.1, 0.15) is 5.60 Å². The van der Waals surface area contributed by atoms with Crippen LogP contribution in [0.3, 0.4) is 0 Å². The first-order chi connectivity index (χ1) is 10.6. The van der Waals surface area contributed by atoms with Gasteiger partial charge in [-0.3, -0.25) is 9.59 Å². The molecule has 0 unspecified atom stereocenters. The number of ether oxygens (including phenoxy) is 1. The van der Waals surface area contributed by atoms with Crippen LogP contribution in [0.2, 0.25) is 0 Å². The van der Waals surface area contributed by atoms with Gasteiger partial charge < -0.3 is 10.1 Å². The Hall–Kier alpha value is -1.43. The zero-order valence-corrected chi connectivity index (χ0v) is 13.7. The Morgan fingerprint density at radius 3 is 2.95 bits per heavy atom. The normalized spacial score (nSPS) is 23.0. The van der Waals surface area contributed by atoms with Crippen molar-refractivity contribution in [3.05, 3.63) is 16.1 Å². The summed E-state index contributed by atoms with van der Waals surface area (Å²) in [5.41, 5.74) is 0.587. The molecular formula is C16H22N2O3S. The molecule has 22 heavy (non-hydrogen) atoms. The maximum absolute atomic E-state index is 12.4. The summed E-state index contributed by atoms with van der Waals surface area (Å²) in [5.74, 6) is -0.584. The third-order valence-corrected chi connectivity index (χ3v) is 5.65. The van der Waals surface area contributed by atoms with Crippen LogP contribution in [0.25, 0.3) is 0 Å². The highest BCUT2D eigenvalue weighted by Crippen LogP contribution is 2.45. The molecule has 1 saturated carbocycles. The molecule has 3 rings (SSSR count). The van der Waals surface area contributed by atoms with Gasteiger partial charge in [0.15, 0.2) is 0 Å². The molecule has 6 heteroatoms. The monoisotopic (exact) mass is 322 g/mol. The number of amides is 1. The maximum Gasteiger partial charge on any atom is 0.307 e. The number of nitrogens with one attached hydrogen (secondary N) is 1. The van der Waals surface area contributed by atoms with Crippen molar-refractivity contribution in [2.45, 2.75) is 57.5 Å². The predicted molar refractivity (Wildman–Crippen MR) is 83.6 cm³/mol. The zero-order valence-electron chi connectivity index (χ0n) is 12.9. The highest BCUT2D eigenvalue weighted by Gasteiger charge is 2.53. The van der Waals surface area contributed by atoms with E-state index in [9.17, 15) is 9.59 Å². The van der Waals surface area contributed by atoms with Crippen LogP contribution in [0, 0.1) is 5.92 Å². The third kappa shape index (κ3) is 3.02. The molecule has 1 aliphatic carbocycles. The van der Waals surface area contributed by atoms with Crippen LogP contribution in [0.5, 0.6) is 0 Å². The largest absolute Gasteiger partial charge is 0.458 e. The van der Waals surface area contributed by atoms with E-state index >= 15 is 0 Å². The summed E-state index contributed by atoms with van der Waals surface area (Å²) in [6, 6.07) is 0. The standard InChI is InChI=1S/C16H22N2O3S/c1-2-11-10-22-13(18-11)5-8-17-15(20)12-9-14(19)21-16(12)6-3-4-7-16/h10,12H,2-9H2,1H3,(H,17,20)/t12-/m0/s1. The maximum atomic E-state index is 12.4. The van der Waals surface area contributed by atoms with Crippen molar-refractivity contribution in [1.29, 1.82) is 0 Å². The molecule has 1 N–H and O–H groups in total. The molecule has 1 aliphatic heterocycles. The Kier molecular flexibility index (Phi) is 4.47. The lowest BCUT2D eigenvalue weighted by atomic mass is 9.85. The van der Waals surface area contributed by atoms with Crippen LogP contribution in [-0.2, 0) is 27.2 Å². The molecular weight excluding hydrogens is 300 g/mol. The molecule has 1 spiro atoms. The molecule has 1 amide bonds. The molecule has 1 aromatic rings. The summed E-state index contributed by atoms with van der Waals surface area (Å²) in [4.78, 5) is 28.6. The van der Waals surface area contributed by atoms with Crippen LogP contribution in [0.15, 0.2) is 5.38 Å². The first-order valence-corrected chi connectivity index (χ1v) is 8.94. The highest BCUT2D eigenvalue weighted by atomic mass is 32.1. The van der Waals surface area contributed by atoms with E-state index in [0.717, 1.165) is 49.2 Å². The van der Waals surface area contributed by atoms with Crippen molar-refractivity contribution in [3.8, 4) is 0 Å². The van der Waals surface area contributed by atoms with Gasteiger partial charge in [-0.1, -0.05) is 6.92 Å². The summed E-state index contributed by atoms with van der Waals surface area (Å²) in [6.45, 7) is 2.65. The number of hydrogen-bond donors (Lipinski definition) is 1. The molecule has 1 aromatic heterocycles.